The molecule has 0 N–H and O–H groups in total. The van der Waals surface area contributed by atoms with Crippen molar-refractivity contribution in [3.05, 3.63) is 72.3 Å². The Morgan fingerprint density at radius 1 is 1.03 bits per heavy atom. The molecular weight excluding hydrogens is 466 g/mol. The van der Waals surface area contributed by atoms with Gasteiger partial charge < -0.3 is 9.47 Å². The standard InChI is InChI=1S/C23H21F4N7O/c24-17-3-1-16(2-4-17)19-13-18(23(25,26)27)21-29-20(14-34(21)30-19)22(35)33-11-9-31(10-12-33)7-8-32-6-5-28-15-32/h1-6,13-15H,7-12H2. The molecule has 0 unspecified atom stereocenters. The minimum Gasteiger partial charge on any atom is -0.336 e. The van der Waals surface area contributed by atoms with Crippen molar-refractivity contribution < 1.29 is 22.4 Å². The van der Waals surface area contributed by atoms with Crippen molar-refractivity contribution in [1.82, 2.24) is 33.9 Å². The smallest absolute Gasteiger partial charge is 0.336 e. The fraction of sp³-hybridized carbons (Fsp3) is 0.304. The van der Waals surface area contributed by atoms with Crippen LogP contribution in [0.25, 0.3) is 16.9 Å². The van der Waals surface area contributed by atoms with Crippen LogP contribution in [0.1, 0.15) is 16.1 Å². The number of alkyl halides is 3. The minimum absolute atomic E-state index is 0.00673. The third-order valence-corrected chi connectivity index (χ3v) is 5.98. The summed E-state index contributed by atoms with van der Waals surface area (Å²) in [7, 11) is 0. The summed E-state index contributed by atoms with van der Waals surface area (Å²) in [6.07, 6.45) is 1.84. The van der Waals surface area contributed by atoms with E-state index in [-0.39, 0.29) is 11.4 Å². The Kier molecular flexibility index (Phi) is 5.97. The summed E-state index contributed by atoms with van der Waals surface area (Å²) in [6, 6.07) is 5.85. The molecule has 0 aliphatic carbocycles. The van der Waals surface area contributed by atoms with E-state index >= 15 is 0 Å². The molecule has 0 radical (unpaired) electrons. The van der Waals surface area contributed by atoms with Crippen LogP contribution in [-0.2, 0) is 12.7 Å². The first-order chi connectivity index (χ1) is 16.8. The molecule has 35 heavy (non-hydrogen) atoms. The number of hydrogen-bond donors (Lipinski definition) is 0. The Balaban J connectivity index is 1.36. The maximum Gasteiger partial charge on any atom is 0.420 e. The van der Waals surface area contributed by atoms with Crippen molar-refractivity contribution in [3.8, 4) is 11.3 Å². The van der Waals surface area contributed by atoms with Crippen molar-refractivity contribution in [1.29, 1.82) is 0 Å². The number of rotatable bonds is 5. The monoisotopic (exact) mass is 487 g/mol. The molecule has 1 aliphatic rings. The van der Waals surface area contributed by atoms with Crippen LogP contribution in [0.5, 0.6) is 0 Å². The zero-order valence-electron chi connectivity index (χ0n) is 18.5. The normalized spacial score (nSPS) is 15.1. The molecule has 3 aromatic heterocycles. The van der Waals surface area contributed by atoms with Gasteiger partial charge >= 0.3 is 6.18 Å². The number of amides is 1. The molecule has 0 spiro atoms. The third kappa shape index (κ3) is 4.87. The number of fused-ring (bicyclic) bond motifs is 1. The number of carbonyl (C=O) groups excluding carboxylic acids is 1. The van der Waals surface area contributed by atoms with Gasteiger partial charge in [-0.1, -0.05) is 0 Å². The van der Waals surface area contributed by atoms with E-state index in [0.29, 0.717) is 31.7 Å². The molecule has 1 amide bonds. The lowest BCUT2D eigenvalue weighted by atomic mass is 10.1. The fourth-order valence-electron chi connectivity index (χ4n) is 4.06. The number of benzene rings is 1. The Hall–Kier alpha value is -3.80. The molecule has 1 aliphatic heterocycles. The molecule has 1 saturated heterocycles. The van der Waals surface area contributed by atoms with Gasteiger partial charge in [0.15, 0.2) is 5.65 Å². The summed E-state index contributed by atoms with van der Waals surface area (Å²) in [6.45, 7) is 3.76. The number of imidazole rings is 2. The zero-order chi connectivity index (χ0) is 24.6. The lowest BCUT2D eigenvalue weighted by Gasteiger charge is -2.34. The van der Waals surface area contributed by atoms with E-state index < -0.39 is 29.1 Å². The van der Waals surface area contributed by atoms with Gasteiger partial charge in [-0.25, -0.2) is 18.9 Å². The van der Waals surface area contributed by atoms with E-state index in [9.17, 15) is 22.4 Å². The molecule has 12 heteroatoms. The van der Waals surface area contributed by atoms with Crippen LogP contribution < -0.4 is 0 Å². The first-order valence-corrected chi connectivity index (χ1v) is 11.0. The number of aromatic nitrogens is 5. The van der Waals surface area contributed by atoms with Crippen molar-refractivity contribution >= 4 is 11.6 Å². The quantitative estimate of drug-likeness (QED) is 0.405. The Bertz CT molecular complexity index is 1320. The topological polar surface area (TPSA) is 71.6 Å². The average Bonchev–Trinajstić information content (AvgIpc) is 3.52. The highest BCUT2D eigenvalue weighted by Gasteiger charge is 2.36. The summed E-state index contributed by atoms with van der Waals surface area (Å²) in [5.41, 5.74) is -1.27. The lowest BCUT2D eigenvalue weighted by Crippen LogP contribution is -2.49. The highest BCUT2D eigenvalue weighted by molar-refractivity contribution is 5.93. The van der Waals surface area contributed by atoms with Crippen LogP contribution in [0.3, 0.4) is 0 Å². The minimum atomic E-state index is -4.72. The van der Waals surface area contributed by atoms with Gasteiger partial charge in [-0.15, -0.1) is 0 Å². The number of carbonyl (C=O) groups is 1. The van der Waals surface area contributed by atoms with E-state index in [4.69, 9.17) is 0 Å². The molecule has 0 saturated carbocycles. The molecule has 5 rings (SSSR count). The Labute approximate surface area is 197 Å². The van der Waals surface area contributed by atoms with Crippen molar-refractivity contribution in [3.63, 3.8) is 0 Å². The van der Waals surface area contributed by atoms with Crippen LogP contribution in [0.2, 0.25) is 0 Å². The number of piperazine rings is 1. The maximum atomic E-state index is 13.8. The molecule has 0 bridgehead atoms. The van der Waals surface area contributed by atoms with Gasteiger partial charge in [0.25, 0.3) is 5.91 Å². The fourth-order valence-corrected chi connectivity index (χ4v) is 4.06. The molecule has 182 valence electrons. The largest absolute Gasteiger partial charge is 0.420 e. The van der Waals surface area contributed by atoms with Crippen molar-refractivity contribution in [2.45, 2.75) is 12.7 Å². The predicted molar refractivity (Wildman–Crippen MR) is 118 cm³/mol. The van der Waals surface area contributed by atoms with E-state index in [0.717, 1.165) is 35.8 Å². The van der Waals surface area contributed by atoms with E-state index in [1.807, 2.05) is 10.8 Å². The SMILES string of the molecule is O=C(c1cn2nc(-c3ccc(F)cc3)cc(C(F)(F)F)c2n1)N1CCN(CCn2ccnc2)CC1. The van der Waals surface area contributed by atoms with Gasteiger partial charge in [-0.3, -0.25) is 9.69 Å². The highest BCUT2D eigenvalue weighted by atomic mass is 19.4. The number of nitrogens with zero attached hydrogens (tertiary/aromatic N) is 7. The Morgan fingerprint density at radius 3 is 2.43 bits per heavy atom. The molecule has 4 aromatic rings. The van der Waals surface area contributed by atoms with Crippen LogP contribution >= 0.6 is 0 Å². The number of halogens is 4. The summed E-state index contributed by atoms with van der Waals surface area (Å²) in [5.74, 6) is -0.954. The molecule has 4 heterocycles. The average molecular weight is 487 g/mol. The maximum absolute atomic E-state index is 13.8. The van der Waals surface area contributed by atoms with Gasteiger partial charge in [0, 0.05) is 57.2 Å². The molecule has 1 fully saturated rings. The van der Waals surface area contributed by atoms with Crippen LogP contribution in [0.4, 0.5) is 17.6 Å². The first-order valence-electron chi connectivity index (χ1n) is 11.0. The van der Waals surface area contributed by atoms with Gasteiger partial charge in [-0.05, 0) is 30.3 Å². The van der Waals surface area contributed by atoms with Crippen molar-refractivity contribution in [2.75, 3.05) is 32.7 Å². The van der Waals surface area contributed by atoms with Gasteiger partial charge in [-0.2, -0.15) is 18.3 Å². The second-order valence-corrected chi connectivity index (χ2v) is 8.28. The molecule has 1 aromatic carbocycles. The Morgan fingerprint density at radius 2 is 1.77 bits per heavy atom. The van der Waals surface area contributed by atoms with Crippen molar-refractivity contribution in [2.24, 2.45) is 0 Å². The first kappa shape index (κ1) is 23.0. The van der Waals surface area contributed by atoms with E-state index in [1.54, 1.807) is 17.4 Å². The molecular formula is C23H21F4N7O. The summed E-state index contributed by atoms with van der Waals surface area (Å²) in [4.78, 5) is 24.9. The van der Waals surface area contributed by atoms with Gasteiger partial charge in [0.1, 0.15) is 17.1 Å². The summed E-state index contributed by atoms with van der Waals surface area (Å²) < 4.78 is 57.6. The zero-order valence-corrected chi connectivity index (χ0v) is 18.5. The van der Waals surface area contributed by atoms with Crippen LogP contribution in [0.15, 0.2) is 55.2 Å². The van der Waals surface area contributed by atoms with Crippen LogP contribution in [-0.4, -0.2) is 72.6 Å². The van der Waals surface area contributed by atoms with E-state index in [2.05, 4.69) is 20.0 Å². The van der Waals surface area contributed by atoms with Crippen LogP contribution in [0, 0.1) is 5.82 Å². The molecule has 8 nitrogen and oxygen atoms in total. The summed E-state index contributed by atoms with van der Waals surface area (Å²) >= 11 is 0. The van der Waals surface area contributed by atoms with E-state index in [1.165, 1.54) is 18.3 Å². The lowest BCUT2D eigenvalue weighted by molar-refractivity contribution is -0.136. The molecule has 0 atom stereocenters. The second kappa shape index (κ2) is 9.10. The summed E-state index contributed by atoms with van der Waals surface area (Å²) in [5, 5.41) is 4.20. The predicted octanol–water partition coefficient (Wildman–Crippen LogP) is 3.21. The second-order valence-electron chi connectivity index (χ2n) is 8.28. The van der Waals surface area contributed by atoms with Gasteiger partial charge in [0.05, 0.1) is 18.2 Å². The third-order valence-electron chi connectivity index (χ3n) is 5.98. The number of hydrogen-bond acceptors (Lipinski definition) is 5. The van der Waals surface area contributed by atoms with Gasteiger partial charge in [0.2, 0.25) is 0 Å². The highest BCUT2D eigenvalue weighted by Crippen LogP contribution is 2.34.